The minimum Gasteiger partial charge on any atom is -0.354 e. The second kappa shape index (κ2) is 11.0. The summed E-state index contributed by atoms with van der Waals surface area (Å²) in [5.41, 5.74) is 0. The van der Waals surface area contributed by atoms with Crippen LogP contribution in [0.3, 0.4) is 0 Å². The molecule has 0 aliphatic rings. The van der Waals surface area contributed by atoms with Crippen molar-refractivity contribution >= 4 is 91.5 Å². The predicted molar refractivity (Wildman–Crippen MR) is 95.6 cm³/mol. The van der Waals surface area contributed by atoms with Gasteiger partial charge in [0.25, 0.3) is 5.91 Å². The van der Waals surface area contributed by atoms with Crippen molar-refractivity contribution in [1.29, 1.82) is 0 Å². The Morgan fingerprint density at radius 2 is 1.37 bits per heavy atom. The van der Waals surface area contributed by atoms with E-state index in [1.807, 2.05) is 0 Å². The lowest BCUT2D eigenvalue weighted by atomic mass is 10.2. The lowest BCUT2D eigenvalue weighted by Crippen LogP contribution is -2.34. The SMILES string of the molecule is O=C(NCCCCCCNC(=O)C(Br)(Br)Br)C(Br)Br. The average molecular weight is 595 g/mol. The maximum Gasteiger partial charge on any atom is 0.258 e. The fraction of sp³-hybridized carbons (Fsp3) is 0.800. The first-order valence-corrected chi connectivity index (χ1v) is 9.87. The number of unbranched alkanes of at least 4 members (excludes halogenated alkanes) is 3. The Morgan fingerprint density at radius 3 is 1.79 bits per heavy atom. The molecule has 0 bridgehead atoms. The summed E-state index contributed by atoms with van der Waals surface area (Å²) in [5.74, 6) is -0.212. The van der Waals surface area contributed by atoms with Gasteiger partial charge in [-0.25, -0.2) is 0 Å². The minimum absolute atomic E-state index is 0.0597. The molecule has 0 aromatic heterocycles. The Hall–Kier alpha value is 1.34. The highest BCUT2D eigenvalue weighted by Crippen LogP contribution is 2.33. The van der Waals surface area contributed by atoms with E-state index >= 15 is 0 Å². The molecule has 4 nitrogen and oxygen atoms in total. The molecule has 112 valence electrons. The zero-order valence-electron chi connectivity index (χ0n) is 10.0. The number of carbonyl (C=O) groups is 2. The first-order chi connectivity index (χ1) is 8.75. The predicted octanol–water partition coefficient (Wildman–Crippen LogP) is 3.73. The van der Waals surface area contributed by atoms with Crippen molar-refractivity contribution in [2.45, 2.75) is 31.6 Å². The van der Waals surface area contributed by atoms with Gasteiger partial charge < -0.3 is 10.6 Å². The van der Waals surface area contributed by atoms with E-state index in [0.717, 1.165) is 25.7 Å². The molecular formula is C10H15Br5N2O2. The first-order valence-electron chi connectivity index (χ1n) is 5.66. The number of alkyl halides is 5. The van der Waals surface area contributed by atoms with Crippen molar-refractivity contribution < 1.29 is 9.59 Å². The van der Waals surface area contributed by atoms with Gasteiger partial charge in [0, 0.05) is 13.1 Å². The van der Waals surface area contributed by atoms with Crippen LogP contribution in [-0.2, 0) is 9.59 Å². The van der Waals surface area contributed by atoms with Crippen molar-refractivity contribution in [2.24, 2.45) is 0 Å². The fourth-order valence-corrected chi connectivity index (χ4v) is 1.94. The Kier molecular flexibility index (Phi) is 11.8. The van der Waals surface area contributed by atoms with Gasteiger partial charge in [-0.05, 0) is 60.6 Å². The smallest absolute Gasteiger partial charge is 0.258 e. The number of hydrogen-bond acceptors (Lipinski definition) is 2. The van der Waals surface area contributed by atoms with Crippen LogP contribution in [-0.4, -0.2) is 30.8 Å². The highest BCUT2D eigenvalue weighted by atomic mass is 80.0. The highest BCUT2D eigenvalue weighted by Gasteiger charge is 2.27. The lowest BCUT2D eigenvalue weighted by molar-refractivity contribution is -0.120. The molecule has 2 N–H and O–H groups in total. The highest BCUT2D eigenvalue weighted by molar-refractivity contribution is 9.40. The molecule has 0 atom stereocenters. The van der Waals surface area contributed by atoms with Gasteiger partial charge in [-0.3, -0.25) is 9.59 Å². The molecule has 0 radical (unpaired) electrons. The summed E-state index contributed by atoms with van der Waals surface area (Å²) < 4.78 is -1.20. The summed E-state index contributed by atoms with van der Waals surface area (Å²) >= 11 is 15.7. The Bertz CT molecular complexity index is 294. The van der Waals surface area contributed by atoms with Crippen LogP contribution in [0.15, 0.2) is 0 Å². The van der Waals surface area contributed by atoms with Gasteiger partial charge in [-0.15, -0.1) is 0 Å². The molecule has 19 heavy (non-hydrogen) atoms. The van der Waals surface area contributed by atoms with Crippen molar-refractivity contribution in [3.63, 3.8) is 0 Å². The van der Waals surface area contributed by atoms with E-state index in [0.29, 0.717) is 13.1 Å². The van der Waals surface area contributed by atoms with Crippen LogP contribution in [0.5, 0.6) is 0 Å². The molecule has 0 aliphatic carbocycles. The molecular weight excluding hydrogens is 580 g/mol. The van der Waals surface area contributed by atoms with Crippen LogP contribution in [0.4, 0.5) is 0 Å². The van der Waals surface area contributed by atoms with E-state index in [9.17, 15) is 9.59 Å². The maximum atomic E-state index is 11.4. The van der Waals surface area contributed by atoms with Crippen molar-refractivity contribution in [2.75, 3.05) is 13.1 Å². The third-order valence-corrected chi connectivity index (χ3v) is 4.06. The van der Waals surface area contributed by atoms with Crippen molar-refractivity contribution in [3.05, 3.63) is 0 Å². The maximum absolute atomic E-state index is 11.4. The van der Waals surface area contributed by atoms with Crippen molar-refractivity contribution in [3.8, 4) is 0 Å². The molecule has 2 amide bonds. The Labute approximate surface area is 155 Å². The van der Waals surface area contributed by atoms with Crippen LogP contribution in [0, 0.1) is 0 Å². The van der Waals surface area contributed by atoms with Gasteiger partial charge in [-0.1, -0.05) is 44.7 Å². The van der Waals surface area contributed by atoms with E-state index in [4.69, 9.17) is 0 Å². The average Bonchev–Trinajstić information content (AvgIpc) is 2.30. The molecule has 0 rings (SSSR count). The first kappa shape index (κ1) is 20.3. The fourth-order valence-electron chi connectivity index (χ4n) is 1.19. The second-order valence-corrected chi connectivity index (χ2v) is 13.6. The molecule has 0 aromatic rings. The standard InChI is InChI=1S/C10H15Br5N2O2/c11-7(12)8(18)16-5-3-1-2-4-6-17-9(19)10(13,14)15/h7H,1-6H2,(H,16,18)(H,17,19). The van der Waals surface area contributed by atoms with Crippen LogP contribution < -0.4 is 10.6 Å². The summed E-state index contributed by atoms with van der Waals surface area (Å²) in [6.45, 7) is 1.31. The summed E-state index contributed by atoms with van der Waals surface area (Å²) in [6, 6.07) is 0. The number of halogens is 5. The summed E-state index contributed by atoms with van der Waals surface area (Å²) in [4.78, 5) is 22.6. The van der Waals surface area contributed by atoms with E-state index in [-0.39, 0.29) is 15.6 Å². The van der Waals surface area contributed by atoms with Crippen molar-refractivity contribution in [1.82, 2.24) is 10.6 Å². The molecule has 0 aromatic carbocycles. The van der Waals surface area contributed by atoms with Gasteiger partial charge in [0.1, 0.15) is 3.74 Å². The quantitative estimate of drug-likeness (QED) is 0.333. The lowest BCUT2D eigenvalue weighted by Gasteiger charge is -2.12. The van der Waals surface area contributed by atoms with Crippen LogP contribution in [0.2, 0.25) is 0 Å². The molecule has 0 unspecified atom stereocenters. The van der Waals surface area contributed by atoms with Crippen LogP contribution in [0.1, 0.15) is 25.7 Å². The number of nitrogens with one attached hydrogen (secondary N) is 2. The Morgan fingerprint density at radius 1 is 0.895 bits per heavy atom. The zero-order valence-corrected chi connectivity index (χ0v) is 18.0. The Balaban J connectivity index is 3.38. The number of rotatable bonds is 8. The molecule has 0 heterocycles. The molecule has 0 aliphatic heterocycles. The second-order valence-electron chi connectivity index (χ2n) is 3.76. The van der Waals surface area contributed by atoms with Crippen LogP contribution >= 0.6 is 79.6 Å². The third kappa shape index (κ3) is 11.7. The van der Waals surface area contributed by atoms with Gasteiger partial charge in [0.05, 0.1) is 0 Å². The summed E-state index contributed by atoms with van der Waals surface area (Å²) in [7, 11) is 0. The molecule has 0 spiro atoms. The van der Waals surface area contributed by atoms with Gasteiger partial charge in [-0.2, -0.15) is 0 Å². The number of hydrogen-bond donors (Lipinski definition) is 2. The largest absolute Gasteiger partial charge is 0.354 e. The van der Waals surface area contributed by atoms with Gasteiger partial charge in [0.15, 0.2) is 0 Å². The molecule has 0 saturated carbocycles. The van der Waals surface area contributed by atoms with Gasteiger partial charge >= 0.3 is 0 Å². The summed E-state index contributed by atoms with van der Waals surface area (Å²) in [6.07, 6.45) is 3.89. The van der Waals surface area contributed by atoms with E-state index in [1.165, 1.54) is 0 Å². The third-order valence-electron chi connectivity index (χ3n) is 2.14. The summed E-state index contributed by atoms with van der Waals surface area (Å²) in [5, 5.41) is 5.58. The van der Waals surface area contributed by atoms with E-state index in [2.05, 4.69) is 90.3 Å². The van der Waals surface area contributed by atoms with E-state index < -0.39 is 2.14 Å². The molecule has 0 fully saturated rings. The minimum atomic E-state index is -0.876. The molecule has 9 heteroatoms. The van der Waals surface area contributed by atoms with E-state index in [1.54, 1.807) is 0 Å². The van der Waals surface area contributed by atoms with Gasteiger partial charge in [0.2, 0.25) is 8.05 Å². The molecule has 0 saturated heterocycles. The number of amides is 2. The normalized spacial score (nSPS) is 11.5. The number of carbonyl (C=O) groups excluding carboxylic acids is 2. The monoisotopic (exact) mass is 590 g/mol. The zero-order chi connectivity index (χ0) is 14.9. The topological polar surface area (TPSA) is 58.2 Å². The van der Waals surface area contributed by atoms with Crippen LogP contribution in [0.25, 0.3) is 0 Å².